The Balaban J connectivity index is 3.71. The lowest BCUT2D eigenvalue weighted by Gasteiger charge is -2.22. The van der Waals surface area contributed by atoms with Crippen molar-refractivity contribution in [2.45, 2.75) is 50.7 Å². The number of carbonyl (C=O) groups excluding carboxylic acids is 1. The summed E-state index contributed by atoms with van der Waals surface area (Å²) >= 11 is 0. The second-order valence-corrected chi connectivity index (χ2v) is 8.35. The molecule has 0 heterocycles. The van der Waals surface area contributed by atoms with Crippen LogP contribution in [0.25, 0.3) is 0 Å². The van der Waals surface area contributed by atoms with Crippen molar-refractivity contribution < 1.29 is 23.1 Å². The fourth-order valence-electron chi connectivity index (χ4n) is 1.44. The van der Waals surface area contributed by atoms with Crippen molar-refractivity contribution in [2.24, 2.45) is 0 Å². The van der Waals surface area contributed by atoms with Crippen LogP contribution in [-0.2, 0) is 14.6 Å². The van der Waals surface area contributed by atoms with E-state index in [1.807, 2.05) is 0 Å². The van der Waals surface area contributed by atoms with E-state index < -0.39 is 26.6 Å². The highest BCUT2D eigenvalue weighted by atomic mass is 32.2. The Morgan fingerprint density at radius 3 is 2.14 bits per heavy atom. The summed E-state index contributed by atoms with van der Waals surface area (Å²) in [5.74, 6) is -0.791. The molecule has 0 bridgehead atoms. The molecule has 0 spiro atoms. The van der Waals surface area contributed by atoms with Crippen LogP contribution in [-0.4, -0.2) is 49.6 Å². The molecule has 7 nitrogen and oxygen atoms in total. The summed E-state index contributed by atoms with van der Waals surface area (Å²) in [7, 11) is -3.23. The van der Waals surface area contributed by atoms with Crippen LogP contribution in [0.2, 0.25) is 0 Å². The standard InChI is InChI=1S/C13H26N2O5S/c1-13(2,21(3,19)20)10-15-12(18)14-9-7-5-4-6-8-11(16)17/h4-10H2,1-3H3,(H,16,17)(H2,14,15,18). The number of sulfone groups is 1. The molecule has 3 N–H and O–H groups in total. The van der Waals surface area contributed by atoms with Crippen LogP contribution in [0.5, 0.6) is 0 Å². The molecule has 124 valence electrons. The topological polar surface area (TPSA) is 113 Å². The molecule has 0 aromatic carbocycles. The van der Waals surface area contributed by atoms with Gasteiger partial charge in [-0.25, -0.2) is 13.2 Å². The first-order chi connectivity index (χ1) is 9.56. The van der Waals surface area contributed by atoms with Gasteiger partial charge in [0.15, 0.2) is 9.84 Å². The highest BCUT2D eigenvalue weighted by Gasteiger charge is 2.30. The van der Waals surface area contributed by atoms with E-state index in [0.717, 1.165) is 25.5 Å². The van der Waals surface area contributed by atoms with Crippen LogP contribution in [0.15, 0.2) is 0 Å². The molecule has 0 aliphatic carbocycles. The molecule has 0 unspecified atom stereocenters. The number of rotatable bonds is 10. The average Bonchev–Trinajstić information content (AvgIpc) is 2.33. The van der Waals surface area contributed by atoms with E-state index in [9.17, 15) is 18.0 Å². The molecular weight excluding hydrogens is 296 g/mol. The number of carbonyl (C=O) groups is 2. The molecule has 0 aromatic heterocycles. The van der Waals surface area contributed by atoms with E-state index in [1.165, 1.54) is 0 Å². The normalized spacial score (nSPS) is 12.0. The number of urea groups is 1. The van der Waals surface area contributed by atoms with Crippen molar-refractivity contribution in [3.63, 3.8) is 0 Å². The Morgan fingerprint density at radius 2 is 1.62 bits per heavy atom. The van der Waals surface area contributed by atoms with Crippen LogP contribution < -0.4 is 10.6 Å². The molecular formula is C13H26N2O5S. The highest BCUT2D eigenvalue weighted by Crippen LogP contribution is 2.13. The van der Waals surface area contributed by atoms with Gasteiger partial charge in [0.05, 0.1) is 4.75 Å². The van der Waals surface area contributed by atoms with Gasteiger partial charge in [0.1, 0.15) is 0 Å². The smallest absolute Gasteiger partial charge is 0.314 e. The molecule has 2 amide bonds. The molecule has 21 heavy (non-hydrogen) atoms. The van der Waals surface area contributed by atoms with Gasteiger partial charge in [0.2, 0.25) is 0 Å². The zero-order chi connectivity index (χ0) is 16.5. The summed E-state index contributed by atoms with van der Waals surface area (Å²) in [6, 6.07) is -0.391. The molecule has 0 rings (SSSR count). The van der Waals surface area contributed by atoms with Crippen molar-refractivity contribution in [3.8, 4) is 0 Å². The first-order valence-corrected chi connectivity index (χ1v) is 8.88. The third-order valence-electron chi connectivity index (χ3n) is 3.28. The fourth-order valence-corrected chi connectivity index (χ4v) is 1.78. The van der Waals surface area contributed by atoms with Crippen LogP contribution in [0, 0.1) is 0 Å². The molecule has 0 aliphatic heterocycles. The number of carboxylic acid groups (broad SMARTS) is 1. The van der Waals surface area contributed by atoms with Crippen molar-refractivity contribution in [1.29, 1.82) is 0 Å². The average molecular weight is 322 g/mol. The van der Waals surface area contributed by atoms with Crippen LogP contribution in [0.3, 0.4) is 0 Å². The van der Waals surface area contributed by atoms with E-state index in [0.29, 0.717) is 13.0 Å². The maximum Gasteiger partial charge on any atom is 0.314 e. The minimum atomic E-state index is -3.23. The largest absolute Gasteiger partial charge is 0.481 e. The third-order valence-corrected chi connectivity index (χ3v) is 5.43. The maximum atomic E-state index is 11.5. The Morgan fingerprint density at radius 1 is 1.05 bits per heavy atom. The van der Waals surface area contributed by atoms with Gasteiger partial charge in [-0.2, -0.15) is 0 Å². The van der Waals surface area contributed by atoms with Crippen molar-refractivity contribution in [2.75, 3.05) is 19.3 Å². The van der Waals surface area contributed by atoms with Crippen LogP contribution >= 0.6 is 0 Å². The maximum absolute atomic E-state index is 11.5. The molecule has 0 aromatic rings. The first-order valence-electron chi connectivity index (χ1n) is 6.99. The predicted molar refractivity (Wildman–Crippen MR) is 81.0 cm³/mol. The zero-order valence-electron chi connectivity index (χ0n) is 12.9. The molecule has 0 saturated carbocycles. The van der Waals surface area contributed by atoms with Gasteiger partial charge in [0, 0.05) is 25.8 Å². The SMILES string of the molecule is CC(C)(CNC(=O)NCCCCCCC(=O)O)S(C)(=O)=O. The summed E-state index contributed by atoms with van der Waals surface area (Å²) in [6.45, 7) is 3.66. The number of carboxylic acids is 1. The number of nitrogens with one attached hydrogen (secondary N) is 2. The first kappa shape index (κ1) is 19.7. The predicted octanol–water partition coefficient (Wildman–Crippen LogP) is 1.14. The monoisotopic (exact) mass is 322 g/mol. The minimum absolute atomic E-state index is 0.0519. The van der Waals surface area contributed by atoms with Crippen LogP contribution in [0.1, 0.15) is 46.0 Å². The van der Waals surface area contributed by atoms with E-state index in [1.54, 1.807) is 13.8 Å². The summed E-state index contributed by atoms with van der Waals surface area (Å²) in [5, 5.41) is 13.6. The fraction of sp³-hybridized carbons (Fsp3) is 0.846. The minimum Gasteiger partial charge on any atom is -0.481 e. The van der Waals surface area contributed by atoms with Gasteiger partial charge in [-0.15, -0.1) is 0 Å². The van der Waals surface area contributed by atoms with Crippen molar-refractivity contribution in [3.05, 3.63) is 0 Å². The Kier molecular flexibility index (Phi) is 8.31. The molecule has 0 atom stereocenters. The van der Waals surface area contributed by atoms with Gasteiger partial charge >= 0.3 is 12.0 Å². The Bertz CT molecular complexity index is 445. The van der Waals surface area contributed by atoms with Gasteiger partial charge in [-0.3, -0.25) is 4.79 Å². The lowest BCUT2D eigenvalue weighted by atomic mass is 10.1. The lowest BCUT2D eigenvalue weighted by Crippen LogP contribution is -2.47. The third kappa shape index (κ3) is 9.28. The van der Waals surface area contributed by atoms with E-state index in [4.69, 9.17) is 5.11 Å². The summed E-state index contributed by atoms with van der Waals surface area (Å²) in [6.07, 6.45) is 4.39. The zero-order valence-corrected chi connectivity index (χ0v) is 13.8. The molecule has 0 fully saturated rings. The van der Waals surface area contributed by atoms with Crippen molar-refractivity contribution >= 4 is 21.8 Å². The number of hydrogen-bond donors (Lipinski definition) is 3. The second-order valence-electron chi connectivity index (χ2n) is 5.70. The molecule has 0 aliphatic rings. The highest BCUT2D eigenvalue weighted by molar-refractivity contribution is 7.92. The van der Waals surface area contributed by atoms with Gasteiger partial charge in [-0.05, 0) is 26.7 Å². The molecule has 0 saturated heterocycles. The van der Waals surface area contributed by atoms with Gasteiger partial charge in [-0.1, -0.05) is 12.8 Å². The Labute approximate surface area is 126 Å². The Hall–Kier alpha value is -1.31. The molecule has 8 heteroatoms. The van der Waals surface area contributed by atoms with Crippen molar-refractivity contribution in [1.82, 2.24) is 10.6 Å². The van der Waals surface area contributed by atoms with E-state index in [-0.39, 0.29) is 13.0 Å². The van der Waals surface area contributed by atoms with Crippen LogP contribution in [0.4, 0.5) is 4.79 Å². The number of amides is 2. The number of hydrogen-bond acceptors (Lipinski definition) is 4. The number of aliphatic carboxylic acids is 1. The summed E-state index contributed by atoms with van der Waals surface area (Å²) < 4.78 is 21.9. The van der Waals surface area contributed by atoms with Gasteiger partial charge in [0.25, 0.3) is 0 Å². The molecule has 0 radical (unpaired) electrons. The lowest BCUT2D eigenvalue weighted by molar-refractivity contribution is -0.137. The summed E-state index contributed by atoms with van der Waals surface area (Å²) in [5.41, 5.74) is 0. The van der Waals surface area contributed by atoms with E-state index in [2.05, 4.69) is 10.6 Å². The quantitative estimate of drug-likeness (QED) is 0.522. The summed E-state index contributed by atoms with van der Waals surface area (Å²) in [4.78, 5) is 21.8. The second kappa shape index (κ2) is 8.86. The van der Waals surface area contributed by atoms with E-state index >= 15 is 0 Å². The number of unbranched alkanes of at least 4 members (excludes halogenated alkanes) is 3. The van der Waals surface area contributed by atoms with Gasteiger partial charge < -0.3 is 15.7 Å².